The van der Waals surface area contributed by atoms with E-state index >= 15 is 0 Å². The van der Waals surface area contributed by atoms with E-state index in [2.05, 4.69) is 5.32 Å². The average Bonchev–Trinajstić information content (AvgIpc) is 2.78. The molecule has 3 aromatic rings. The van der Waals surface area contributed by atoms with E-state index in [4.69, 9.17) is 32.7 Å². The minimum atomic E-state index is -0.613. The molecule has 0 aliphatic heterocycles. The fraction of sp³-hybridized carbons (Fsp3) is 0.0833. The third kappa shape index (κ3) is 6.01. The van der Waals surface area contributed by atoms with Crippen molar-refractivity contribution in [2.24, 2.45) is 0 Å². The molecule has 0 unspecified atom stereocenters. The predicted molar refractivity (Wildman–Crippen MR) is 122 cm³/mol. The summed E-state index contributed by atoms with van der Waals surface area (Å²) in [5.41, 5.74) is 1.38. The molecule has 0 fully saturated rings. The monoisotopic (exact) mass is 470 g/mol. The molecule has 0 heterocycles. The largest absolute Gasteiger partial charge is 0.497 e. The average molecular weight is 471 g/mol. The number of ether oxygens (including phenoxy) is 2. The fourth-order valence-corrected chi connectivity index (χ4v) is 3.32. The smallest absolute Gasteiger partial charge is 0.266 e. The van der Waals surface area contributed by atoms with Crippen LogP contribution in [0.4, 0.5) is 10.1 Å². The summed E-state index contributed by atoms with van der Waals surface area (Å²) >= 11 is 12.4. The molecule has 0 saturated carbocycles. The Labute approximate surface area is 194 Å². The predicted octanol–water partition coefficient (Wildman–Crippen LogP) is 6.27. The van der Waals surface area contributed by atoms with Gasteiger partial charge >= 0.3 is 0 Å². The van der Waals surface area contributed by atoms with Crippen LogP contribution >= 0.6 is 23.2 Å². The lowest BCUT2D eigenvalue weighted by molar-refractivity contribution is -0.112. The molecule has 8 heteroatoms. The van der Waals surface area contributed by atoms with Crippen molar-refractivity contribution in [2.75, 3.05) is 12.4 Å². The van der Waals surface area contributed by atoms with Crippen LogP contribution in [0, 0.1) is 17.1 Å². The van der Waals surface area contributed by atoms with E-state index in [0.717, 1.165) is 0 Å². The van der Waals surface area contributed by atoms with Crippen LogP contribution in [0.1, 0.15) is 11.1 Å². The number of nitriles is 1. The Morgan fingerprint density at radius 2 is 1.81 bits per heavy atom. The lowest BCUT2D eigenvalue weighted by Crippen LogP contribution is -2.13. The van der Waals surface area contributed by atoms with Gasteiger partial charge in [-0.15, -0.1) is 0 Å². The third-order valence-electron chi connectivity index (χ3n) is 4.35. The lowest BCUT2D eigenvalue weighted by Gasteiger charge is -2.13. The standard InChI is InChI=1S/C24H17Cl2FN2O3/c1-31-21-8-6-20(7-9-21)29-24(30)17(13-28)10-16-11-18(25)12-22(26)23(16)32-14-15-2-4-19(27)5-3-15/h2-12H,14H2,1H3,(H,29,30)/b17-10+. The van der Waals surface area contributed by atoms with Crippen LogP contribution in [0.15, 0.2) is 66.2 Å². The summed E-state index contributed by atoms with van der Waals surface area (Å²) in [5, 5.41) is 12.7. The molecule has 0 aliphatic rings. The van der Waals surface area contributed by atoms with Gasteiger partial charge in [-0.05, 0) is 60.2 Å². The van der Waals surface area contributed by atoms with Gasteiger partial charge in [0.25, 0.3) is 5.91 Å². The van der Waals surface area contributed by atoms with Crippen molar-refractivity contribution in [1.82, 2.24) is 0 Å². The van der Waals surface area contributed by atoms with Crippen LogP contribution < -0.4 is 14.8 Å². The Balaban J connectivity index is 1.85. The summed E-state index contributed by atoms with van der Waals surface area (Å²) in [6.45, 7) is 0.0996. The highest BCUT2D eigenvalue weighted by molar-refractivity contribution is 6.36. The third-order valence-corrected chi connectivity index (χ3v) is 4.85. The highest BCUT2D eigenvalue weighted by Crippen LogP contribution is 2.34. The number of hydrogen-bond acceptors (Lipinski definition) is 4. The van der Waals surface area contributed by atoms with Crippen LogP contribution in [-0.2, 0) is 11.4 Å². The van der Waals surface area contributed by atoms with Crippen LogP contribution in [0.2, 0.25) is 10.0 Å². The van der Waals surface area contributed by atoms with Crippen molar-refractivity contribution in [2.45, 2.75) is 6.61 Å². The van der Waals surface area contributed by atoms with E-state index in [1.807, 2.05) is 6.07 Å². The van der Waals surface area contributed by atoms with E-state index in [1.54, 1.807) is 36.4 Å². The van der Waals surface area contributed by atoms with Crippen molar-refractivity contribution in [3.05, 3.63) is 93.2 Å². The Hall–Kier alpha value is -3.53. The zero-order chi connectivity index (χ0) is 23.1. The van der Waals surface area contributed by atoms with Gasteiger partial charge in [-0.3, -0.25) is 4.79 Å². The molecule has 3 rings (SSSR count). The molecule has 0 aliphatic carbocycles. The lowest BCUT2D eigenvalue weighted by atomic mass is 10.1. The molecular weight excluding hydrogens is 454 g/mol. The number of nitrogens with one attached hydrogen (secondary N) is 1. The minimum Gasteiger partial charge on any atom is -0.497 e. The Kier molecular flexibility index (Phi) is 7.72. The van der Waals surface area contributed by atoms with Crippen molar-refractivity contribution >= 4 is 40.9 Å². The van der Waals surface area contributed by atoms with E-state index in [0.29, 0.717) is 27.6 Å². The molecule has 0 saturated heterocycles. The Morgan fingerprint density at radius 3 is 2.44 bits per heavy atom. The molecule has 32 heavy (non-hydrogen) atoms. The number of benzene rings is 3. The summed E-state index contributed by atoms with van der Waals surface area (Å²) in [4.78, 5) is 12.6. The molecule has 162 valence electrons. The normalized spacial score (nSPS) is 10.9. The van der Waals surface area contributed by atoms with Crippen molar-refractivity contribution in [1.29, 1.82) is 5.26 Å². The number of carbonyl (C=O) groups is 1. The maximum absolute atomic E-state index is 13.1. The van der Waals surface area contributed by atoms with E-state index < -0.39 is 5.91 Å². The zero-order valence-electron chi connectivity index (χ0n) is 16.9. The molecule has 3 aromatic carbocycles. The highest BCUT2D eigenvalue weighted by atomic mass is 35.5. The van der Waals surface area contributed by atoms with Gasteiger partial charge in [0.05, 0.1) is 12.1 Å². The molecule has 0 radical (unpaired) electrons. The first-order chi connectivity index (χ1) is 15.4. The van der Waals surface area contributed by atoms with E-state index in [-0.39, 0.29) is 28.8 Å². The van der Waals surface area contributed by atoms with Gasteiger partial charge in [-0.2, -0.15) is 5.26 Å². The summed E-state index contributed by atoms with van der Waals surface area (Å²) < 4.78 is 24.0. The number of carbonyl (C=O) groups excluding carboxylic acids is 1. The molecule has 5 nitrogen and oxygen atoms in total. The van der Waals surface area contributed by atoms with E-state index in [9.17, 15) is 14.4 Å². The number of hydrogen-bond donors (Lipinski definition) is 1. The van der Waals surface area contributed by atoms with Gasteiger partial charge in [0, 0.05) is 16.3 Å². The molecule has 0 aromatic heterocycles. The Bertz CT molecular complexity index is 1190. The number of rotatable bonds is 7. The quantitative estimate of drug-likeness (QED) is 0.326. The Morgan fingerprint density at radius 1 is 1.12 bits per heavy atom. The second kappa shape index (κ2) is 10.7. The number of amides is 1. The maximum Gasteiger partial charge on any atom is 0.266 e. The number of anilines is 1. The van der Waals surface area contributed by atoms with Crippen LogP contribution in [0.3, 0.4) is 0 Å². The topological polar surface area (TPSA) is 71.3 Å². The maximum atomic E-state index is 13.1. The molecule has 0 atom stereocenters. The number of nitrogens with zero attached hydrogens (tertiary/aromatic N) is 1. The number of methoxy groups -OCH3 is 1. The first-order valence-electron chi connectivity index (χ1n) is 9.33. The number of halogens is 3. The molecular formula is C24H17Cl2FN2O3. The summed E-state index contributed by atoms with van der Waals surface area (Å²) in [7, 11) is 1.54. The van der Waals surface area contributed by atoms with Crippen molar-refractivity contribution < 1.29 is 18.7 Å². The van der Waals surface area contributed by atoms with Crippen molar-refractivity contribution in [3.63, 3.8) is 0 Å². The van der Waals surface area contributed by atoms with Gasteiger partial charge in [0.15, 0.2) is 0 Å². The first kappa shape index (κ1) is 23.1. The summed E-state index contributed by atoms with van der Waals surface area (Å²) in [6, 6.07) is 17.4. The zero-order valence-corrected chi connectivity index (χ0v) is 18.4. The second-order valence-corrected chi connectivity index (χ2v) is 7.42. The van der Waals surface area contributed by atoms with Gasteiger partial charge in [-0.25, -0.2) is 4.39 Å². The van der Waals surface area contributed by atoms with Gasteiger partial charge < -0.3 is 14.8 Å². The minimum absolute atomic E-state index is 0.0996. The van der Waals surface area contributed by atoms with Gasteiger partial charge in [0.2, 0.25) is 0 Å². The molecule has 0 bridgehead atoms. The fourth-order valence-electron chi connectivity index (χ4n) is 2.75. The van der Waals surface area contributed by atoms with Crippen molar-refractivity contribution in [3.8, 4) is 17.6 Å². The second-order valence-electron chi connectivity index (χ2n) is 6.57. The van der Waals surface area contributed by atoms with E-state index in [1.165, 1.54) is 37.5 Å². The van der Waals surface area contributed by atoms with Crippen LogP contribution in [-0.4, -0.2) is 13.0 Å². The van der Waals surface area contributed by atoms with Gasteiger partial charge in [-0.1, -0.05) is 35.3 Å². The molecule has 1 N–H and O–H groups in total. The summed E-state index contributed by atoms with van der Waals surface area (Å²) in [5.74, 6) is -0.0948. The van der Waals surface area contributed by atoms with Crippen LogP contribution in [0.25, 0.3) is 6.08 Å². The van der Waals surface area contributed by atoms with Gasteiger partial charge in [0.1, 0.15) is 35.6 Å². The molecule has 0 spiro atoms. The highest BCUT2D eigenvalue weighted by Gasteiger charge is 2.15. The molecule has 1 amide bonds. The first-order valence-corrected chi connectivity index (χ1v) is 10.1. The van der Waals surface area contributed by atoms with Crippen LogP contribution in [0.5, 0.6) is 11.5 Å². The summed E-state index contributed by atoms with van der Waals surface area (Å²) in [6.07, 6.45) is 1.34. The SMILES string of the molecule is COc1ccc(NC(=O)/C(C#N)=C/c2cc(Cl)cc(Cl)c2OCc2ccc(F)cc2)cc1.